The summed E-state index contributed by atoms with van der Waals surface area (Å²) in [4.78, 5) is 13.8. The molecule has 84 valence electrons. The molecule has 0 spiro atoms. The molecule has 0 radical (unpaired) electrons. The summed E-state index contributed by atoms with van der Waals surface area (Å²) in [6, 6.07) is 0.719. The maximum Gasteiger partial charge on any atom is 0.148 e. The van der Waals surface area contributed by atoms with Crippen LogP contribution in [-0.2, 0) is 4.79 Å². The van der Waals surface area contributed by atoms with Crippen molar-refractivity contribution in [2.45, 2.75) is 45.6 Å². The van der Waals surface area contributed by atoms with Gasteiger partial charge in [-0.1, -0.05) is 13.8 Å². The van der Waals surface area contributed by atoms with E-state index in [4.69, 9.17) is 0 Å². The average Bonchev–Trinajstić information content (AvgIpc) is 2.64. The van der Waals surface area contributed by atoms with Gasteiger partial charge in [-0.2, -0.15) is 0 Å². The third-order valence-electron chi connectivity index (χ3n) is 5.35. The molecule has 4 rings (SSSR count). The highest BCUT2D eigenvalue weighted by molar-refractivity contribution is 5.82. The molecule has 1 heterocycles. The molecule has 0 aromatic carbocycles. The first kappa shape index (κ1) is 9.83. The Morgan fingerprint density at radius 1 is 1.33 bits per heavy atom. The first-order chi connectivity index (χ1) is 7.09. The van der Waals surface area contributed by atoms with Crippen LogP contribution in [0.5, 0.6) is 0 Å². The van der Waals surface area contributed by atoms with Gasteiger partial charge in [-0.25, -0.2) is 0 Å². The zero-order valence-corrected chi connectivity index (χ0v) is 9.83. The normalized spacial score (nSPS) is 44.1. The minimum atomic E-state index is 0.453. The fourth-order valence-corrected chi connectivity index (χ4v) is 4.15. The van der Waals surface area contributed by atoms with E-state index in [1.165, 1.54) is 19.3 Å². The summed E-state index contributed by atoms with van der Waals surface area (Å²) in [5, 5.41) is 0. The lowest BCUT2D eigenvalue weighted by atomic mass is 9.47. The molecule has 1 saturated heterocycles. The molecule has 4 aliphatic rings. The molecule has 3 unspecified atom stereocenters. The lowest BCUT2D eigenvalue weighted by Gasteiger charge is -2.61. The Balaban J connectivity index is 1.74. The number of hydrogen-bond acceptors (Lipinski definition) is 2. The Bertz CT molecular complexity index is 295. The van der Waals surface area contributed by atoms with Crippen molar-refractivity contribution >= 4 is 5.78 Å². The second kappa shape index (κ2) is 3.07. The molecule has 0 amide bonds. The van der Waals surface area contributed by atoms with Crippen LogP contribution in [0.1, 0.15) is 39.5 Å². The summed E-state index contributed by atoms with van der Waals surface area (Å²) >= 11 is 0. The van der Waals surface area contributed by atoms with E-state index in [0.29, 0.717) is 11.2 Å². The lowest BCUT2D eigenvalue weighted by Crippen LogP contribution is -2.59. The van der Waals surface area contributed by atoms with Crippen LogP contribution < -0.4 is 0 Å². The van der Waals surface area contributed by atoms with E-state index in [0.717, 1.165) is 37.4 Å². The highest BCUT2D eigenvalue weighted by Gasteiger charge is 2.55. The summed E-state index contributed by atoms with van der Waals surface area (Å²) in [5.41, 5.74) is 0.550. The Hall–Kier alpha value is -0.370. The van der Waals surface area contributed by atoms with Gasteiger partial charge in [0.25, 0.3) is 0 Å². The molecular formula is C13H21NO. The summed E-state index contributed by atoms with van der Waals surface area (Å²) in [7, 11) is 0. The Morgan fingerprint density at radius 3 is 2.67 bits per heavy atom. The highest BCUT2D eigenvalue weighted by Crippen LogP contribution is 2.60. The van der Waals surface area contributed by atoms with E-state index < -0.39 is 0 Å². The van der Waals surface area contributed by atoms with Gasteiger partial charge < -0.3 is 0 Å². The topological polar surface area (TPSA) is 20.3 Å². The number of Topliss-reactive ketones (excluding diaryl/α,β-unsaturated/α-hetero) is 1. The Kier molecular flexibility index (Phi) is 2.01. The molecule has 3 atom stereocenters. The maximum absolute atomic E-state index is 11.3. The molecule has 0 aromatic rings. The third-order valence-corrected chi connectivity index (χ3v) is 5.35. The first-order valence-electron chi connectivity index (χ1n) is 6.35. The van der Waals surface area contributed by atoms with Crippen molar-refractivity contribution in [2.75, 3.05) is 13.1 Å². The third kappa shape index (κ3) is 1.30. The van der Waals surface area contributed by atoms with Crippen LogP contribution in [0.15, 0.2) is 0 Å². The van der Waals surface area contributed by atoms with Crippen molar-refractivity contribution in [1.29, 1.82) is 0 Å². The van der Waals surface area contributed by atoms with Gasteiger partial charge in [0.15, 0.2) is 0 Å². The van der Waals surface area contributed by atoms with Crippen molar-refractivity contribution in [3.63, 3.8) is 0 Å². The van der Waals surface area contributed by atoms with Gasteiger partial charge >= 0.3 is 0 Å². The number of carbonyl (C=O) groups is 1. The largest absolute Gasteiger partial charge is 0.298 e. The molecule has 3 saturated carbocycles. The van der Waals surface area contributed by atoms with Gasteiger partial charge in [0.05, 0.1) is 6.54 Å². The molecule has 15 heavy (non-hydrogen) atoms. The molecule has 4 fully saturated rings. The average molecular weight is 207 g/mol. The first-order valence-corrected chi connectivity index (χ1v) is 6.35. The highest BCUT2D eigenvalue weighted by atomic mass is 16.1. The minimum Gasteiger partial charge on any atom is -0.298 e. The number of rotatable bonds is 1. The smallest absolute Gasteiger partial charge is 0.148 e. The van der Waals surface area contributed by atoms with Crippen LogP contribution in [-0.4, -0.2) is 29.8 Å². The number of carbonyl (C=O) groups excluding carboxylic acids is 1. The predicted octanol–water partition coefficient (Wildman–Crippen LogP) is 2.09. The fraction of sp³-hybridized carbons (Fsp3) is 0.923. The SMILES string of the molecule is CC1(C)C2CCC(N3CCC(=O)C3)C1C2. The number of likely N-dealkylation sites (tertiary alicyclic amines) is 1. The molecule has 1 aliphatic heterocycles. The molecular weight excluding hydrogens is 186 g/mol. The second-order valence-corrected chi connectivity index (χ2v) is 6.26. The lowest BCUT2D eigenvalue weighted by molar-refractivity contribution is -0.124. The van der Waals surface area contributed by atoms with Crippen molar-refractivity contribution < 1.29 is 4.79 Å². The molecule has 3 aliphatic carbocycles. The van der Waals surface area contributed by atoms with Gasteiger partial charge in [-0.3, -0.25) is 9.69 Å². The standard InChI is InChI=1S/C13H21NO/c1-13(2)9-3-4-12(11(13)7-9)14-6-5-10(15)8-14/h9,11-12H,3-8H2,1-2H3. The van der Waals surface area contributed by atoms with Gasteiger partial charge in [-0.05, 0) is 36.5 Å². The zero-order chi connectivity index (χ0) is 10.6. The van der Waals surface area contributed by atoms with Crippen molar-refractivity contribution in [3.8, 4) is 0 Å². The van der Waals surface area contributed by atoms with Crippen molar-refractivity contribution in [1.82, 2.24) is 4.90 Å². The fourth-order valence-electron chi connectivity index (χ4n) is 4.15. The van der Waals surface area contributed by atoms with E-state index in [1.54, 1.807) is 0 Å². The van der Waals surface area contributed by atoms with E-state index in [9.17, 15) is 4.79 Å². The summed E-state index contributed by atoms with van der Waals surface area (Å²) in [5.74, 6) is 2.29. The Labute approximate surface area is 92.0 Å². The molecule has 2 nitrogen and oxygen atoms in total. The van der Waals surface area contributed by atoms with Gasteiger partial charge in [0.2, 0.25) is 0 Å². The Morgan fingerprint density at radius 2 is 2.13 bits per heavy atom. The van der Waals surface area contributed by atoms with Crippen LogP contribution in [0, 0.1) is 17.3 Å². The predicted molar refractivity (Wildman–Crippen MR) is 59.6 cm³/mol. The minimum absolute atomic E-state index is 0.453. The van der Waals surface area contributed by atoms with E-state index in [1.807, 2.05) is 0 Å². The van der Waals surface area contributed by atoms with Crippen molar-refractivity contribution in [3.05, 3.63) is 0 Å². The zero-order valence-electron chi connectivity index (χ0n) is 9.83. The van der Waals surface area contributed by atoms with E-state index in [-0.39, 0.29) is 0 Å². The molecule has 2 heteroatoms. The van der Waals surface area contributed by atoms with Crippen LogP contribution in [0.25, 0.3) is 0 Å². The summed E-state index contributed by atoms with van der Waals surface area (Å²) in [6.07, 6.45) is 4.94. The number of hydrogen-bond donors (Lipinski definition) is 0. The van der Waals surface area contributed by atoms with Crippen LogP contribution in [0.2, 0.25) is 0 Å². The van der Waals surface area contributed by atoms with Crippen LogP contribution >= 0.6 is 0 Å². The monoisotopic (exact) mass is 207 g/mol. The molecule has 0 N–H and O–H groups in total. The van der Waals surface area contributed by atoms with Gasteiger partial charge in [-0.15, -0.1) is 0 Å². The molecule has 2 bridgehead atoms. The second-order valence-electron chi connectivity index (χ2n) is 6.26. The quantitative estimate of drug-likeness (QED) is 0.656. The van der Waals surface area contributed by atoms with E-state index >= 15 is 0 Å². The summed E-state index contributed by atoms with van der Waals surface area (Å²) < 4.78 is 0. The van der Waals surface area contributed by atoms with Crippen LogP contribution in [0.4, 0.5) is 0 Å². The van der Waals surface area contributed by atoms with Crippen molar-refractivity contribution in [2.24, 2.45) is 17.3 Å². The summed E-state index contributed by atoms with van der Waals surface area (Å²) in [6.45, 7) is 6.62. The van der Waals surface area contributed by atoms with Gasteiger partial charge in [0, 0.05) is 19.0 Å². The maximum atomic E-state index is 11.3. The molecule has 0 aromatic heterocycles. The number of fused-ring (bicyclic) bond motifs is 2. The van der Waals surface area contributed by atoms with Gasteiger partial charge in [0.1, 0.15) is 5.78 Å². The van der Waals surface area contributed by atoms with Crippen LogP contribution in [0.3, 0.4) is 0 Å². The van der Waals surface area contributed by atoms with E-state index in [2.05, 4.69) is 18.7 Å². The number of nitrogens with zero attached hydrogens (tertiary/aromatic N) is 1. The number of ketones is 1.